The Balaban J connectivity index is 1.55. The van der Waals surface area contributed by atoms with Crippen molar-refractivity contribution < 1.29 is 18.7 Å². The van der Waals surface area contributed by atoms with Gasteiger partial charge in [-0.2, -0.15) is 0 Å². The second-order valence-electron chi connectivity index (χ2n) is 6.37. The van der Waals surface area contributed by atoms with Crippen LogP contribution in [0.3, 0.4) is 0 Å². The summed E-state index contributed by atoms with van der Waals surface area (Å²) in [5.41, 5.74) is 6.19. The topological polar surface area (TPSA) is 75.9 Å². The summed E-state index contributed by atoms with van der Waals surface area (Å²) in [5.74, 6) is -0.724. The lowest BCUT2D eigenvalue weighted by molar-refractivity contribution is -0.140. The van der Waals surface area contributed by atoms with Crippen LogP contribution in [-0.4, -0.2) is 60.9 Å². The van der Waals surface area contributed by atoms with E-state index in [9.17, 15) is 14.0 Å². The van der Waals surface area contributed by atoms with Crippen molar-refractivity contribution in [2.45, 2.75) is 12.5 Å². The van der Waals surface area contributed by atoms with E-state index in [-0.39, 0.29) is 29.7 Å². The van der Waals surface area contributed by atoms with Crippen LogP contribution in [0.1, 0.15) is 18.1 Å². The number of primary amides is 1. The molecule has 2 N–H and O–H groups in total. The first kappa shape index (κ1) is 16.9. The zero-order valence-corrected chi connectivity index (χ0v) is 13.5. The average Bonchev–Trinajstić information content (AvgIpc) is 3.04. The van der Waals surface area contributed by atoms with Gasteiger partial charge in [-0.05, 0) is 30.7 Å². The first-order valence-electron chi connectivity index (χ1n) is 8.19. The molecule has 2 saturated heterocycles. The normalized spacial score (nSPS) is 25.0. The zero-order chi connectivity index (χ0) is 17.1. The van der Waals surface area contributed by atoms with Crippen molar-refractivity contribution in [3.05, 3.63) is 35.6 Å². The number of carbonyl (C=O) groups is 2. The molecule has 7 heteroatoms. The molecule has 0 bridgehead atoms. The van der Waals surface area contributed by atoms with Crippen LogP contribution in [0.2, 0.25) is 0 Å². The standard InChI is InChI=1S/C17H22FN3O3/c18-14-3-1-12(2-4-14)15-10-21(7-8-24-15)16(22)11-20-6-5-13(9-20)17(19)23/h1-4,13,15H,5-11H2,(H2,19,23)/t13-,15-/m1/s1. The van der Waals surface area contributed by atoms with E-state index in [4.69, 9.17) is 10.5 Å². The summed E-state index contributed by atoms with van der Waals surface area (Å²) in [4.78, 5) is 27.5. The molecule has 24 heavy (non-hydrogen) atoms. The van der Waals surface area contributed by atoms with Crippen molar-refractivity contribution in [3.63, 3.8) is 0 Å². The van der Waals surface area contributed by atoms with E-state index in [1.807, 2.05) is 4.90 Å². The van der Waals surface area contributed by atoms with Crippen LogP contribution < -0.4 is 5.73 Å². The molecule has 0 unspecified atom stereocenters. The van der Waals surface area contributed by atoms with Gasteiger partial charge in [-0.15, -0.1) is 0 Å². The first-order valence-corrected chi connectivity index (χ1v) is 8.19. The maximum atomic E-state index is 13.0. The van der Waals surface area contributed by atoms with Gasteiger partial charge in [0.15, 0.2) is 0 Å². The van der Waals surface area contributed by atoms with Crippen molar-refractivity contribution >= 4 is 11.8 Å². The minimum Gasteiger partial charge on any atom is -0.370 e. The number of benzene rings is 1. The van der Waals surface area contributed by atoms with E-state index in [2.05, 4.69) is 0 Å². The first-order chi connectivity index (χ1) is 11.5. The molecule has 130 valence electrons. The molecule has 1 aromatic rings. The summed E-state index contributed by atoms with van der Waals surface area (Å²) in [6, 6.07) is 6.17. The fourth-order valence-electron chi connectivity index (χ4n) is 3.25. The zero-order valence-electron chi connectivity index (χ0n) is 13.5. The van der Waals surface area contributed by atoms with Crippen LogP contribution in [0.5, 0.6) is 0 Å². The van der Waals surface area contributed by atoms with Crippen molar-refractivity contribution in [1.29, 1.82) is 0 Å². The van der Waals surface area contributed by atoms with Crippen LogP contribution in [0, 0.1) is 11.7 Å². The second-order valence-corrected chi connectivity index (χ2v) is 6.37. The summed E-state index contributed by atoms with van der Waals surface area (Å²) in [6.07, 6.45) is 0.476. The Morgan fingerprint density at radius 1 is 1.21 bits per heavy atom. The van der Waals surface area contributed by atoms with Crippen molar-refractivity contribution in [3.8, 4) is 0 Å². The van der Waals surface area contributed by atoms with E-state index < -0.39 is 0 Å². The Morgan fingerprint density at radius 3 is 2.62 bits per heavy atom. The van der Waals surface area contributed by atoms with E-state index in [1.54, 1.807) is 17.0 Å². The molecule has 2 aliphatic rings. The third kappa shape index (κ3) is 3.91. The Bertz CT molecular complexity index is 608. The number of nitrogens with two attached hydrogens (primary N) is 1. The number of ether oxygens (including phenoxy) is 1. The van der Waals surface area contributed by atoms with E-state index in [0.29, 0.717) is 45.8 Å². The number of nitrogens with zero attached hydrogens (tertiary/aromatic N) is 2. The van der Waals surface area contributed by atoms with Gasteiger partial charge in [0, 0.05) is 13.1 Å². The average molecular weight is 335 g/mol. The SMILES string of the molecule is NC(=O)[C@@H]1CCN(CC(=O)N2CCO[C@@H](c3ccc(F)cc3)C2)C1. The second kappa shape index (κ2) is 7.27. The highest BCUT2D eigenvalue weighted by molar-refractivity contribution is 5.79. The van der Waals surface area contributed by atoms with Crippen LogP contribution in [0.15, 0.2) is 24.3 Å². The van der Waals surface area contributed by atoms with Gasteiger partial charge in [-0.1, -0.05) is 12.1 Å². The van der Waals surface area contributed by atoms with Gasteiger partial charge < -0.3 is 15.4 Å². The van der Waals surface area contributed by atoms with Crippen molar-refractivity contribution in [2.24, 2.45) is 11.7 Å². The van der Waals surface area contributed by atoms with Gasteiger partial charge in [-0.25, -0.2) is 4.39 Å². The number of hydrogen-bond acceptors (Lipinski definition) is 4. The highest BCUT2D eigenvalue weighted by atomic mass is 19.1. The lowest BCUT2D eigenvalue weighted by Gasteiger charge is -2.34. The molecule has 0 spiro atoms. The largest absolute Gasteiger partial charge is 0.370 e. The van der Waals surface area contributed by atoms with Crippen LogP contribution in [0.25, 0.3) is 0 Å². The minimum absolute atomic E-state index is 0.0236. The Labute approximate surface area is 140 Å². The summed E-state index contributed by atoms with van der Waals surface area (Å²) in [6.45, 7) is 3.01. The summed E-state index contributed by atoms with van der Waals surface area (Å²) < 4.78 is 18.7. The number of morpholine rings is 1. The monoisotopic (exact) mass is 335 g/mol. The highest BCUT2D eigenvalue weighted by Gasteiger charge is 2.30. The minimum atomic E-state index is -0.298. The number of halogens is 1. The molecule has 2 heterocycles. The lowest BCUT2D eigenvalue weighted by atomic mass is 10.1. The maximum Gasteiger partial charge on any atom is 0.236 e. The van der Waals surface area contributed by atoms with Crippen molar-refractivity contribution in [1.82, 2.24) is 9.80 Å². The van der Waals surface area contributed by atoms with Gasteiger partial charge in [0.1, 0.15) is 11.9 Å². The molecule has 0 aromatic heterocycles. The fraction of sp³-hybridized carbons (Fsp3) is 0.529. The number of likely N-dealkylation sites (tertiary alicyclic amines) is 1. The Kier molecular flexibility index (Phi) is 5.11. The summed E-state index contributed by atoms with van der Waals surface area (Å²) in [7, 11) is 0. The molecule has 2 atom stereocenters. The van der Waals surface area contributed by atoms with E-state index in [1.165, 1.54) is 12.1 Å². The maximum absolute atomic E-state index is 13.0. The molecular weight excluding hydrogens is 313 g/mol. The molecule has 6 nitrogen and oxygen atoms in total. The third-order valence-corrected chi connectivity index (χ3v) is 4.69. The molecule has 0 radical (unpaired) electrons. The van der Waals surface area contributed by atoms with Gasteiger partial charge in [0.2, 0.25) is 11.8 Å². The summed E-state index contributed by atoms with van der Waals surface area (Å²) in [5, 5.41) is 0. The summed E-state index contributed by atoms with van der Waals surface area (Å²) >= 11 is 0. The smallest absolute Gasteiger partial charge is 0.236 e. The van der Waals surface area contributed by atoms with Gasteiger partial charge >= 0.3 is 0 Å². The number of carbonyl (C=O) groups excluding carboxylic acids is 2. The van der Waals surface area contributed by atoms with Gasteiger partial charge in [-0.3, -0.25) is 14.5 Å². The van der Waals surface area contributed by atoms with Crippen LogP contribution in [-0.2, 0) is 14.3 Å². The predicted octanol–water partition coefficient (Wildman–Crippen LogP) is 0.533. The molecule has 2 fully saturated rings. The molecule has 0 saturated carbocycles. The van der Waals surface area contributed by atoms with Crippen molar-refractivity contribution in [2.75, 3.05) is 39.3 Å². The highest BCUT2D eigenvalue weighted by Crippen LogP contribution is 2.23. The molecule has 2 amide bonds. The molecule has 2 aliphatic heterocycles. The Hall–Kier alpha value is -1.99. The van der Waals surface area contributed by atoms with Gasteiger partial charge in [0.25, 0.3) is 0 Å². The molecule has 1 aromatic carbocycles. The van der Waals surface area contributed by atoms with E-state index >= 15 is 0 Å². The number of hydrogen-bond donors (Lipinski definition) is 1. The van der Waals surface area contributed by atoms with E-state index in [0.717, 1.165) is 5.56 Å². The number of rotatable bonds is 4. The lowest BCUT2D eigenvalue weighted by Crippen LogP contribution is -2.46. The molecular formula is C17H22FN3O3. The van der Waals surface area contributed by atoms with Crippen LogP contribution >= 0.6 is 0 Å². The quantitative estimate of drug-likeness (QED) is 0.871. The number of amides is 2. The fourth-order valence-corrected chi connectivity index (χ4v) is 3.25. The van der Waals surface area contributed by atoms with Gasteiger partial charge in [0.05, 0.1) is 25.6 Å². The third-order valence-electron chi connectivity index (χ3n) is 4.69. The Morgan fingerprint density at radius 2 is 1.96 bits per heavy atom. The van der Waals surface area contributed by atoms with Crippen LogP contribution in [0.4, 0.5) is 4.39 Å². The molecule has 0 aliphatic carbocycles. The predicted molar refractivity (Wildman–Crippen MR) is 85.4 cm³/mol. The molecule has 3 rings (SSSR count).